The molecule has 12 rings (SSSR count). The van der Waals surface area contributed by atoms with Crippen molar-refractivity contribution >= 4 is 56.4 Å². The van der Waals surface area contributed by atoms with Crippen LogP contribution < -0.4 is 21.4 Å². The lowest BCUT2D eigenvalue weighted by atomic mass is 9.35. The van der Waals surface area contributed by atoms with E-state index in [1.807, 2.05) is 0 Å². The summed E-state index contributed by atoms with van der Waals surface area (Å²) in [7, 11) is 0. The molecule has 248 valence electrons. The first-order valence-corrected chi connectivity index (χ1v) is 19.0. The summed E-state index contributed by atoms with van der Waals surface area (Å²) in [5.74, 6) is 0. The second-order valence-corrected chi connectivity index (χ2v) is 15.9. The van der Waals surface area contributed by atoms with Crippen molar-refractivity contribution in [1.29, 1.82) is 0 Å². The molecule has 0 bridgehead atoms. The molecule has 0 saturated heterocycles. The Hall–Kier alpha value is -5.74. The third-order valence-electron chi connectivity index (χ3n) is 13.7. The number of hydrogen-bond donors (Lipinski definition) is 0. The van der Waals surface area contributed by atoms with Crippen LogP contribution >= 0.6 is 0 Å². The smallest absolute Gasteiger partial charge is 0.273 e. The van der Waals surface area contributed by atoms with Crippen molar-refractivity contribution in [2.75, 3.05) is 4.90 Å². The van der Waals surface area contributed by atoms with Gasteiger partial charge in [0.1, 0.15) is 0 Å². The molecular weight excluding hydrogens is 629 g/mol. The Bertz CT molecular complexity index is 2780. The number of rotatable bonds is 3. The molecule has 4 aliphatic rings. The zero-order chi connectivity index (χ0) is 34.3. The molecule has 3 nitrogen and oxygen atoms in total. The fraction of sp³-hybridized carbons (Fsp3) is 0.167. The lowest BCUT2D eigenvalue weighted by Crippen LogP contribution is -2.64. The number of aromatic nitrogens is 2. The van der Waals surface area contributed by atoms with E-state index in [1.165, 1.54) is 115 Å². The van der Waals surface area contributed by atoms with Crippen LogP contribution in [0.2, 0.25) is 0 Å². The van der Waals surface area contributed by atoms with Crippen LogP contribution in [0.25, 0.3) is 55.6 Å². The maximum absolute atomic E-state index is 2.83. The zero-order valence-corrected chi connectivity index (χ0v) is 29.6. The largest absolute Gasteiger partial charge is 0.335 e. The normalized spacial score (nSPS) is 20.7. The highest BCUT2D eigenvalue weighted by Crippen LogP contribution is 2.61. The van der Waals surface area contributed by atoms with Gasteiger partial charge in [0.05, 0.1) is 28.0 Å². The molecule has 1 fully saturated rings. The number of fused-ring (bicyclic) bond motifs is 11. The summed E-state index contributed by atoms with van der Waals surface area (Å²) in [4.78, 5) is 2.83. The van der Waals surface area contributed by atoms with Crippen LogP contribution in [0.3, 0.4) is 0 Å². The van der Waals surface area contributed by atoms with E-state index in [0.717, 1.165) is 0 Å². The van der Waals surface area contributed by atoms with E-state index < -0.39 is 0 Å². The minimum Gasteiger partial charge on any atom is -0.335 e. The number of anilines is 2. The molecule has 6 aromatic carbocycles. The fourth-order valence-corrected chi connectivity index (χ4v) is 11.3. The van der Waals surface area contributed by atoms with Crippen LogP contribution in [0.15, 0.2) is 146 Å². The van der Waals surface area contributed by atoms with Crippen molar-refractivity contribution in [3.8, 4) is 33.8 Å². The highest BCUT2D eigenvalue weighted by atomic mass is 15.3. The Morgan fingerprint density at radius 3 is 2.06 bits per heavy atom. The number of benzene rings is 6. The van der Waals surface area contributed by atoms with Crippen molar-refractivity contribution in [2.24, 2.45) is 0 Å². The molecule has 0 N–H and O–H groups in total. The Labute approximate surface area is 304 Å². The maximum Gasteiger partial charge on any atom is 0.273 e. The molecule has 3 aliphatic heterocycles. The molecule has 2 atom stereocenters. The van der Waals surface area contributed by atoms with Crippen LogP contribution in [-0.4, -0.2) is 21.4 Å². The average Bonchev–Trinajstić information content (AvgIpc) is 3.80. The van der Waals surface area contributed by atoms with Crippen LogP contribution in [0.5, 0.6) is 0 Å². The fourth-order valence-electron chi connectivity index (χ4n) is 11.3. The molecule has 0 radical (unpaired) electrons. The molecule has 2 unspecified atom stereocenters. The Kier molecular flexibility index (Phi) is 5.55. The third kappa shape index (κ3) is 3.31. The first-order valence-electron chi connectivity index (χ1n) is 19.0. The molecule has 0 amide bonds. The van der Waals surface area contributed by atoms with Crippen LogP contribution in [0, 0.1) is 0 Å². The van der Waals surface area contributed by atoms with Gasteiger partial charge in [0.25, 0.3) is 6.71 Å². The van der Waals surface area contributed by atoms with Crippen LogP contribution in [0.1, 0.15) is 45.1 Å². The van der Waals surface area contributed by atoms with Crippen molar-refractivity contribution in [1.82, 2.24) is 9.13 Å². The predicted molar refractivity (Wildman–Crippen MR) is 218 cm³/mol. The minimum atomic E-state index is 0.00176. The van der Waals surface area contributed by atoms with Crippen molar-refractivity contribution < 1.29 is 0 Å². The van der Waals surface area contributed by atoms with E-state index in [4.69, 9.17) is 0 Å². The SMILES string of the molecule is CC12CCCCC1(C)N1c3ccc4c5ccccc5n5c4c3B(c3cccc2c31)c1c-5c(-c2ccccc2)c(-c2ccccc2)n1-c1ccccc1. The summed E-state index contributed by atoms with van der Waals surface area (Å²) in [6, 6.07) is 54.7. The van der Waals surface area contributed by atoms with Crippen LogP contribution in [-0.2, 0) is 5.41 Å². The molecule has 1 aliphatic carbocycles. The van der Waals surface area contributed by atoms with E-state index in [0.29, 0.717) is 0 Å². The Morgan fingerprint density at radius 2 is 1.27 bits per heavy atom. The highest BCUT2D eigenvalue weighted by molar-refractivity contribution is 7.00. The van der Waals surface area contributed by atoms with Gasteiger partial charge in [-0.3, -0.25) is 0 Å². The average molecular weight is 668 g/mol. The summed E-state index contributed by atoms with van der Waals surface area (Å²) in [6.45, 7) is 5.19. The van der Waals surface area contributed by atoms with Gasteiger partial charge in [-0.15, -0.1) is 0 Å². The summed E-state index contributed by atoms with van der Waals surface area (Å²) in [5, 5.41) is 2.66. The van der Waals surface area contributed by atoms with E-state index in [9.17, 15) is 0 Å². The van der Waals surface area contributed by atoms with Gasteiger partial charge in [-0.25, -0.2) is 0 Å². The highest BCUT2D eigenvalue weighted by Gasteiger charge is 2.61. The van der Waals surface area contributed by atoms with Gasteiger partial charge in [0, 0.05) is 44.4 Å². The van der Waals surface area contributed by atoms with Crippen molar-refractivity contribution in [3.05, 3.63) is 151 Å². The van der Waals surface area contributed by atoms with Gasteiger partial charge >= 0.3 is 0 Å². The van der Waals surface area contributed by atoms with Gasteiger partial charge in [-0.2, -0.15) is 0 Å². The van der Waals surface area contributed by atoms with Gasteiger partial charge in [-0.05, 0) is 71.6 Å². The molecular formula is C48H38BN3. The van der Waals surface area contributed by atoms with Crippen LogP contribution in [0.4, 0.5) is 11.4 Å². The number of hydrogen-bond acceptors (Lipinski definition) is 1. The molecule has 52 heavy (non-hydrogen) atoms. The van der Waals surface area contributed by atoms with Gasteiger partial charge in [0.15, 0.2) is 0 Å². The van der Waals surface area contributed by atoms with E-state index in [-0.39, 0.29) is 17.7 Å². The second-order valence-electron chi connectivity index (χ2n) is 15.9. The summed E-state index contributed by atoms with van der Waals surface area (Å²) < 4.78 is 5.30. The summed E-state index contributed by atoms with van der Waals surface area (Å²) in [6.07, 6.45) is 4.98. The summed E-state index contributed by atoms with van der Waals surface area (Å²) in [5.41, 5.74) is 18.8. The van der Waals surface area contributed by atoms with E-state index in [2.05, 4.69) is 173 Å². The molecule has 8 aromatic rings. The van der Waals surface area contributed by atoms with E-state index >= 15 is 0 Å². The molecule has 2 aromatic heterocycles. The lowest BCUT2D eigenvalue weighted by molar-refractivity contribution is 0.195. The quantitative estimate of drug-likeness (QED) is 0.171. The van der Waals surface area contributed by atoms with E-state index in [1.54, 1.807) is 0 Å². The first-order chi connectivity index (χ1) is 25.6. The first kappa shape index (κ1) is 28.9. The Balaban J connectivity index is 1.35. The molecule has 5 heterocycles. The number of para-hydroxylation sites is 3. The Morgan fingerprint density at radius 1 is 0.577 bits per heavy atom. The lowest BCUT2D eigenvalue weighted by Gasteiger charge is -2.52. The van der Waals surface area contributed by atoms with Crippen molar-refractivity contribution in [2.45, 2.75) is 50.5 Å². The minimum absolute atomic E-state index is 0.00176. The van der Waals surface area contributed by atoms with Gasteiger partial charge in [-0.1, -0.05) is 141 Å². The summed E-state index contributed by atoms with van der Waals surface area (Å²) >= 11 is 0. The molecule has 0 spiro atoms. The zero-order valence-electron chi connectivity index (χ0n) is 29.6. The van der Waals surface area contributed by atoms with Gasteiger partial charge in [0.2, 0.25) is 0 Å². The second kappa shape index (κ2) is 9.98. The molecule has 4 heteroatoms. The van der Waals surface area contributed by atoms with Gasteiger partial charge < -0.3 is 14.0 Å². The topological polar surface area (TPSA) is 13.1 Å². The predicted octanol–water partition coefficient (Wildman–Crippen LogP) is 9.79. The monoisotopic (exact) mass is 667 g/mol. The van der Waals surface area contributed by atoms with Crippen molar-refractivity contribution in [3.63, 3.8) is 0 Å². The standard InChI is InChI=1S/C48H38BN3/c1-47-29-14-15-30-48(47,2)52-39-28-27-35-34-23-12-13-26-38(34)51-43(35)41(39)49(37-25-16-24-36(47)44(37)52)46-45(51)40(31-17-6-3-7-18-31)42(32-19-8-4-9-20-32)50(46)33-21-10-5-11-22-33/h3-13,16-28H,14-15,29-30H2,1-2H3. The maximum atomic E-state index is 2.83. The number of nitrogens with zero attached hydrogens (tertiary/aromatic N) is 3. The third-order valence-corrected chi connectivity index (χ3v) is 13.7. The molecule has 1 saturated carbocycles.